The molecule has 0 saturated heterocycles. The zero-order valence-electron chi connectivity index (χ0n) is 13.6. The lowest BCUT2D eigenvalue weighted by molar-refractivity contribution is 0.100. The van der Waals surface area contributed by atoms with Crippen LogP contribution in [0.1, 0.15) is 40.9 Å². The highest BCUT2D eigenvalue weighted by molar-refractivity contribution is 5.97. The number of aromatic amines is 1. The molecule has 0 aliphatic heterocycles. The van der Waals surface area contributed by atoms with Crippen LogP contribution in [0.3, 0.4) is 0 Å². The van der Waals surface area contributed by atoms with E-state index in [1.165, 1.54) is 0 Å². The number of fused-ring (bicyclic) bond motifs is 1. The van der Waals surface area contributed by atoms with Gasteiger partial charge >= 0.3 is 0 Å². The van der Waals surface area contributed by atoms with E-state index in [2.05, 4.69) is 16.0 Å². The highest BCUT2D eigenvalue weighted by Crippen LogP contribution is 2.26. The number of nitrogens with zero attached hydrogens (tertiary/aromatic N) is 1. The van der Waals surface area contributed by atoms with Crippen molar-refractivity contribution in [2.75, 3.05) is 0 Å². The Kier molecular flexibility index (Phi) is 4.62. The Balaban J connectivity index is 1.90. The first kappa shape index (κ1) is 16.2. The van der Waals surface area contributed by atoms with E-state index in [0.717, 1.165) is 22.0 Å². The molecule has 4 N–H and O–H groups in total. The van der Waals surface area contributed by atoms with E-state index >= 15 is 0 Å². The van der Waals surface area contributed by atoms with Crippen LogP contribution in [-0.2, 0) is 6.42 Å². The first-order chi connectivity index (χ1) is 11.6. The molecule has 0 radical (unpaired) electrons. The quantitative estimate of drug-likeness (QED) is 0.651. The zero-order chi connectivity index (χ0) is 17.1. The summed E-state index contributed by atoms with van der Waals surface area (Å²) in [4.78, 5) is 18.5. The number of rotatable bonds is 6. The molecule has 0 saturated carbocycles. The Bertz CT molecular complexity index is 843. The minimum Gasteiger partial charge on any atom is -0.392 e. The number of hydrogen-bond acceptors (Lipinski definition) is 3. The summed E-state index contributed by atoms with van der Waals surface area (Å²) in [5, 5.41) is 12.4. The lowest BCUT2D eigenvalue weighted by atomic mass is 9.89. The van der Waals surface area contributed by atoms with Crippen LogP contribution in [0.5, 0.6) is 0 Å². The molecule has 1 heterocycles. The first-order valence-electron chi connectivity index (χ1n) is 8.07. The van der Waals surface area contributed by atoms with Crippen molar-refractivity contribution in [1.29, 1.82) is 0 Å². The zero-order valence-corrected chi connectivity index (χ0v) is 13.6. The van der Waals surface area contributed by atoms with Crippen molar-refractivity contribution in [1.82, 2.24) is 9.97 Å². The Hall–Kier alpha value is -2.66. The summed E-state index contributed by atoms with van der Waals surface area (Å²) in [5.74, 6) is -0.453. The average Bonchev–Trinajstić information content (AvgIpc) is 3.12. The molecule has 2 atom stereocenters. The van der Waals surface area contributed by atoms with E-state index in [1.54, 1.807) is 24.7 Å². The number of H-pyrrole nitrogens is 1. The first-order valence-corrected chi connectivity index (χ1v) is 8.07. The van der Waals surface area contributed by atoms with Crippen molar-refractivity contribution in [3.8, 4) is 0 Å². The number of aliphatic hydroxyl groups is 1. The molecular weight excluding hydrogens is 302 g/mol. The average molecular weight is 323 g/mol. The third-order valence-electron chi connectivity index (χ3n) is 4.45. The van der Waals surface area contributed by atoms with E-state index in [1.807, 2.05) is 25.1 Å². The van der Waals surface area contributed by atoms with Crippen molar-refractivity contribution in [2.24, 2.45) is 5.73 Å². The molecule has 1 aromatic heterocycles. The topological polar surface area (TPSA) is 92.0 Å². The Labute approximate surface area is 140 Å². The number of hydrogen-bond donors (Lipinski definition) is 3. The fourth-order valence-corrected chi connectivity index (χ4v) is 3.04. The lowest BCUT2D eigenvalue weighted by Crippen LogP contribution is -2.20. The summed E-state index contributed by atoms with van der Waals surface area (Å²) in [6.07, 6.45) is 4.36. The van der Waals surface area contributed by atoms with Gasteiger partial charge in [0.15, 0.2) is 0 Å². The molecule has 0 aliphatic carbocycles. The minimum atomic E-state index is -0.432. The van der Waals surface area contributed by atoms with E-state index in [4.69, 9.17) is 5.73 Å². The minimum absolute atomic E-state index is 0.0279. The fourth-order valence-electron chi connectivity index (χ4n) is 3.04. The second-order valence-electron chi connectivity index (χ2n) is 6.05. The molecule has 0 fully saturated rings. The van der Waals surface area contributed by atoms with E-state index in [0.29, 0.717) is 18.4 Å². The maximum absolute atomic E-state index is 11.3. The number of primary amides is 1. The summed E-state index contributed by atoms with van der Waals surface area (Å²) in [7, 11) is 0. The number of carbonyl (C=O) groups excluding carboxylic acids is 1. The SMILES string of the molecule is CCC(O)C(Cc1ccc2cc(C(N)=O)ccc2c1)c1cnc[nH]1. The normalized spacial score (nSPS) is 13.8. The highest BCUT2D eigenvalue weighted by Gasteiger charge is 2.21. The third-order valence-corrected chi connectivity index (χ3v) is 4.45. The van der Waals surface area contributed by atoms with Crippen LogP contribution < -0.4 is 5.73 Å². The maximum Gasteiger partial charge on any atom is 0.248 e. The molecule has 0 spiro atoms. The number of carbonyl (C=O) groups is 1. The number of imidazole rings is 1. The van der Waals surface area contributed by atoms with Crippen LogP contribution in [0.15, 0.2) is 48.9 Å². The van der Waals surface area contributed by atoms with Gasteiger partial charge in [0.2, 0.25) is 5.91 Å². The van der Waals surface area contributed by atoms with E-state index < -0.39 is 12.0 Å². The summed E-state index contributed by atoms with van der Waals surface area (Å²) in [5.41, 5.74) is 7.90. The van der Waals surface area contributed by atoms with Gasteiger partial charge in [-0.25, -0.2) is 4.98 Å². The standard InChI is InChI=1S/C19H21N3O2/c1-2-18(23)16(17-10-21-11-22-17)8-12-3-4-14-9-15(19(20)24)6-5-13(14)7-12/h3-7,9-11,16,18,23H,2,8H2,1H3,(H2,20,24)(H,21,22). The van der Waals surface area contributed by atoms with Gasteiger partial charge in [-0.1, -0.05) is 31.2 Å². The van der Waals surface area contributed by atoms with Gasteiger partial charge in [0, 0.05) is 23.4 Å². The van der Waals surface area contributed by atoms with Gasteiger partial charge in [-0.2, -0.15) is 0 Å². The van der Waals surface area contributed by atoms with Gasteiger partial charge < -0.3 is 15.8 Å². The second kappa shape index (κ2) is 6.84. The molecule has 3 rings (SSSR count). The number of amides is 1. The van der Waals surface area contributed by atoms with Crippen LogP contribution in [0.4, 0.5) is 0 Å². The second-order valence-corrected chi connectivity index (χ2v) is 6.05. The Morgan fingerprint density at radius 1 is 1.25 bits per heavy atom. The van der Waals surface area contributed by atoms with Crippen molar-refractivity contribution in [3.05, 3.63) is 65.7 Å². The molecule has 1 amide bonds. The molecule has 2 aromatic carbocycles. The number of benzene rings is 2. The van der Waals surface area contributed by atoms with Crippen molar-refractivity contribution < 1.29 is 9.90 Å². The van der Waals surface area contributed by atoms with Crippen LogP contribution >= 0.6 is 0 Å². The lowest BCUT2D eigenvalue weighted by Gasteiger charge is -2.21. The van der Waals surface area contributed by atoms with Crippen molar-refractivity contribution >= 4 is 16.7 Å². The molecular formula is C19H21N3O2. The maximum atomic E-state index is 11.3. The largest absolute Gasteiger partial charge is 0.392 e. The number of aliphatic hydroxyl groups excluding tert-OH is 1. The predicted molar refractivity (Wildman–Crippen MR) is 93.8 cm³/mol. The smallest absolute Gasteiger partial charge is 0.248 e. The van der Waals surface area contributed by atoms with Gasteiger partial charge in [0.25, 0.3) is 0 Å². The van der Waals surface area contributed by atoms with Crippen molar-refractivity contribution in [2.45, 2.75) is 31.8 Å². The third kappa shape index (κ3) is 3.31. The van der Waals surface area contributed by atoms with Gasteiger partial charge in [-0.15, -0.1) is 0 Å². The summed E-state index contributed by atoms with van der Waals surface area (Å²) < 4.78 is 0. The highest BCUT2D eigenvalue weighted by atomic mass is 16.3. The van der Waals surface area contributed by atoms with Crippen LogP contribution in [0.2, 0.25) is 0 Å². The van der Waals surface area contributed by atoms with E-state index in [9.17, 15) is 9.90 Å². The molecule has 5 heteroatoms. The van der Waals surface area contributed by atoms with Crippen LogP contribution in [-0.4, -0.2) is 27.1 Å². The van der Waals surface area contributed by atoms with Gasteiger partial charge in [-0.05, 0) is 41.3 Å². The van der Waals surface area contributed by atoms with Gasteiger partial charge in [0.05, 0.1) is 12.4 Å². The van der Waals surface area contributed by atoms with Crippen LogP contribution in [0.25, 0.3) is 10.8 Å². The molecule has 124 valence electrons. The summed E-state index contributed by atoms with van der Waals surface area (Å²) in [6.45, 7) is 1.97. The number of nitrogens with one attached hydrogen (secondary N) is 1. The monoisotopic (exact) mass is 323 g/mol. The molecule has 0 bridgehead atoms. The Morgan fingerprint density at radius 3 is 2.67 bits per heavy atom. The van der Waals surface area contributed by atoms with Gasteiger partial charge in [0.1, 0.15) is 0 Å². The van der Waals surface area contributed by atoms with E-state index in [-0.39, 0.29) is 5.92 Å². The molecule has 5 nitrogen and oxygen atoms in total. The summed E-state index contributed by atoms with van der Waals surface area (Å²) >= 11 is 0. The van der Waals surface area contributed by atoms with Gasteiger partial charge in [-0.3, -0.25) is 4.79 Å². The fraction of sp³-hybridized carbons (Fsp3) is 0.263. The summed E-state index contributed by atoms with van der Waals surface area (Å²) in [6, 6.07) is 11.5. The predicted octanol–water partition coefficient (Wildman–Crippen LogP) is 2.76. The molecule has 24 heavy (non-hydrogen) atoms. The molecule has 2 unspecified atom stereocenters. The van der Waals surface area contributed by atoms with Crippen molar-refractivity contribution in [3.63, 3.8) is 0 Å². The number of aromatic nitrogens is 2. The number of nitrogens with two attached hydrogens (primary N) is 1. The Morgan fingerprint density at radius 2 is 2.00 bits per heavy atom. The molecule has 3 aromatic rings. The van der Waals surface area contributed by atoms with Crippen LogP contribution in [0, 0.1) is 0 Å². The molecule has 0 aliphatic rings.